The van der Waals surface area contributed by atoms with Crippen molar-refractivity contribution in [2.45, 2.75) is 45.4 Å². The Morgan fingerprint density at radius 3 is 2.35 bits per heavy atom. The summed E-state index contributed by atoms with van der Waals surface area (Å²) >= 11 is 5.90. The molecule has 0 atom stereocenters. The number of nitrogens with zero attached hydrogens (tertiary/aromatic N) is 2. The van der Waals surface area contributed by atoms with Crippen LogP contribution in [0, 0.1) is 0 Å². The first-order chi connectivity index (χ1) is 9.67. The van der Waals surface area contributed by atoms with Crippen molar-refractivity contribution in [1.82, 2.24) is 14.8 Å². The molecule has 0 aliphatic heterocycles. The minimum absolute atomic E-state index is 0.195. The number of halogens is 1. The van der Waals surface area contributed by atoms with E-state index in [1.165, 1.54) is 0 Å². The number of benzene rings is 1. The summed E-state index contributed by atoms with van der Waals surface area (Å²) in [6, 6.07) is 7.26. The van der Waals surface area contributed by atoms with E-state index in [0.717, 1.165) is 37.2 Å². The fourth-order valence-electron chi connectivity index (χ4n) is 2.52. The second-order valence-corrected chi connectivity index (χ2v) is 5.41. The van der Waals surface area contributed by atoms with Gasteiger partial charge in [0.1, 0.15) is 5.82 Å². The van der Waals surface area contributed by atoms with Gasteiger partial charge >= 0.3 is 5.69 Å². The molecule has 0 unspecified atom stereocenters. The number of hydrogen-bond donors (Lipinski definition) is 1. The van der Waals surface area contributed by atoms with Crippen molar-refractivity contribution in [3.05, 3.63) is 45.6 Å². The van der Waals surface area contributed by atoms with Gasteiger partial charge in [0.15, 0.2) is 0 Å². The summed E-state index contributed by atoms with van der Waals surface area (Å²) in [5.74, 6) is 1.13. The summed E-state index contributed by atoms with van der Waals surface area (Å²) < 4.78 is 1.66. The van der Waals surface area contributed by atoms with Gasteiger partial charge in [-0.25, -0.2) is 14.5 Å². The average Bonchev–Trinajstić information content (AvgIpc) is 2.81. The lowest BCUT2D eigenvalue weighted by Gasteiger charge is -2.15. The van der Waals surface area contributed by atoms with Crippen LogP contribution in [0.2, 0.25) is 5.02 Å². The molecule has 0 aliphatic carbocycles. The van der Waals surface area contributed by atoms with Gasteiger partial charge in [0, 0.05) is 10.9 Å². The molecule has 1 N–H and O–H groups in total. The zero-order valence-corrected chi connectivity index (χ0v) is 12.7. The van der Waals surface area contributed by atoms with Crippen LogP contribution in [0.25, 0.3) is 5.69 Å². The molecule has 1 aromatic carbocycles. The Hall–Kier alpha value is -1.55. The number of H-pyrrole nitrogens is 1. The third kappa shape index (κ3) is 3.12. The summed E-state index contributed by atoms with van der Waals surface area (Å²) in [4.78, 5) is 12.1. The van der Waals surface area contributed by atoms with Crippen molar-refractivity contribution in [3.8, 4) is 5.69 Å². The lowest BCUT2D eigenvalue weighted by molar-refractivity contribution is 0.525. The predicted octanol–water partition coefficient (Wildman–Crippen LogP) is 3.90. The molecule has 4 nitrogen and oxygen atoms in total. The van der Waals surface area contributed by atoms with E-state index >= 15 is 0 Å². The first-order valence-electron chi connectivity index (χ1n) is 7.10. The van der Waals surface area contributed by atoms with Crippen molar-refractivity contribution in [2.75, 3.05) is 0 Å². The summed E-state index contributed by atoms with van der Waals surface area (Å²) in [6.07, 6.45) is 4.22. The Bertz CT molecular complexity index is 594. The third-order valence-corrected chi connectivity index (χ3v) is 3.67. The number of aromatic nitrogens is 3. The van der Waals surface area contributed by atoms with Crippen molar-refractivity contribution < 1.29 is 0 Å². The number of rotatable bonds is 6. The van der Waals surface area contributed by atoms with Crippen LogP contribution in [0.1, 0.15) is 51.3 Å². The van der Waals surface area contributed by atoms with Crippen LogP contribution in [-0.4, -0.2) is 14.8 Å². The predicted molar refractivity (Wildman–Crippen MR) is 81.8 cm³/mol. The van der Waals surface area contributed by atoms with Gasteiger partial charge in [-0.05, 0) is 37.1 Å². The van der Waals surface area contributed by atoms with E-state index in [-0.39, 0.29) is 5.69 Å². The van der Waals surface area contributed by atoms with Crippen LogP contribution in [0.3, 0.4) is 0 Å². The first-order valence-corrected chi connectivity index (χ1v) is 7.48. The van der Waals surface area contributed by atoms with Crippen molar-refractivity contribution in [2.24, 2.45) is 0 Å². The fraction of sp³-hybridized carbons (Fsp3) is 0.467. The van der Waals surface area contributed by atoms with Gasteiger partial charge in [-0.1, -0.05) is 38.3 Å². The van der Waals surface area contributed by atoms with Gasteiger partial charge in [0.05, 0.1) is 5.69 Å². The summed E-state index contributed by atoms with van der Waals surface area (Å²) in [6.45, 7) is 4.31. The maximum Gasteiger partial charge on any atom is 0.347 e. The van der Waals surface area contributed by atoms with Crippen molar-refractivity contribution in [1.29, 1.82) is 0 Å². The van der Waals surface area contributed by atoms with Gasteiger partial charge in [0.25, 0.3) is 0 Å². The molecule has 0 saturated carbocycles. The van der Waals surface area contributed by atoms with Crippen LogP contribution in [0.5, 0.6) is 0 Å². The standard InChI is InChI=1S/C15H20ClN3O/c1-3-5-11(6-4-2)14-17-18-15(20)19(14)13-9-7-12(16)8-10-13/h7-11H,3-6H2,1-2H3,(H,18,20). The van der Waals surface area contributed by atoms with Crippen molar-refractivity contribution in [3.63, 3.8) is 0 Å². The van der Waals surface area contributed by atoms with E-state index in [1.807, 2.05) is 12.1 Å². The molecule has 0 radical (unpaired) electrons. The van der Waals surface area contributed by atoms with Crippen LogP contribution in [-0.2, 0) is 0 Å². The molecule has 0 amide bonds. The minimum Gasteiger partial charge on any atom is -0.247 e. The second kappa shape index (κ2) is 6.75. The largest absolute Gasteiger partial charge is 0.347 e. The van der Waals surface area contributed by atoms with E-state index < -0.39 is 0 Å². The minimum atomic E-state index is -0.195. The highest BCUT2D eigenvalue weighted by atomic mass is 35.5. The van der Waals surface area contributed by atoms with E-state index in [4.69, 9.17) is 11.6 Å². The van der Waals surface area contributed by atoms with Crippen LogP contribution < -0.4 is 5.69 Å². The van der Waals surface area contributed by atoms with Gasteiger partial charge in [-0.15, -0.1) is 0 Å². The zero-order valence-electron chi connectivity index (χ0n) is 11.9. The maximum absolute atomic E-state index is 12.1. The van der Waals surface area contributed by atoms with Crippen molar-refractivity contribution >= 4 is 11.6 Å². The second-order valence-electron chi connectivity index (χ2n) is 4.97. The molecule has 0 aliphatic rings. The SMILES string of the molecule is CCCC(CCC)c1n[nH]c(=O)n1-c1ccc(Cl)cc1. The smallest absolute Gasteiger partial charge is 0.247 e. The molecule has 0 fully saturated rings. The topological polar surface area (TPSA) is 50.7 Å². The Morgan fingerprint density at radius 2 is 1.80 bits per heavy atom. The Balaban J connectivity index is 2.45. The lowest BCUT2D eigenvalue weighted by atomic mass is 9.97. The highest BCUT2D eigenvalue weighted by Crippen LogP contribution is 2.25. The summed E-state index contributed by atoms with van der Waals surface area (Å²) in [5.41, 5.74) is 0.611. The van der Waals surface area contributed by atoms with Gasteiger partial charge in [-0.2, -0.15) is 5.10 Å². The number of hydrogen-bond acceptors (Lipinski definition) is 2. The van der Waals surface area contributed by atoms with E-state index in [1.54, 1.807) is 16.7 Å². The van der Waals surface area contributed by atoms with Gasteiger partial charge in [0.2, 0.25) is 0 Å². The zero-order chi connectivity index (χ0) is 14.5. The van der Waals surface area contributed by atoms with Crippen LogP contribution in [0.15, 0.2) is 29.1 Å². The molecular weight excluding hydrogens is 274 g/mol. The summed E-state index contributed by atoms with van der Waals surface area (Å²) in [5, 5.41) is 7.47. The molecule has 1 aromatic heterocycles. The fourth-order valence-corrected chi connectivity index (χ4v) is 2.65. The molecule has 0 spiro atoms. The molecule has 5 heteroatoms. The van der Waals surface area contributed by atoms with Gasteiger partial charge in [-0.3, -0.25) is 0 Å². The van der Waals surface area contributed by atoms with Gasteiger partial charge < -0.3 is 0 Å². The molecule has 0 bridgehead atoms. The number of aromatic amines is 1. The third-order valence-electron chi connectivity index (χ3n) is 3.42. The normalized spacial score (nSPS) is 11.2. The quantitative estimate of drug-likeness (QED) is 0.878. The molecule has 2 aromatic rings. The van der Waals surface area contributed by atoms with E-state index in [0.29, 0.717) is 10.9 Å². The monoisotopic (exact) mass is 293 g/mol. The molecule has 20 heavy (non-hydrogen) atoms. The Morgan fingerprint density at radius 1 is 1.20 bits per heavy atom. The van der Waals surface area contributed by atoms with Crippen LogP contribution >= 0.6 is 11.6 Å². The molecule has 1 heterocycles. The molecule has 0 saturated heterocycles. The summed E-state index contributed by atoms with van der Waals surface area (Å²) in [7, 11) is 0. The lowest BCUT2D eigenvalue weighted by Crippen LogP contribution is -2.18. The maximum atomic E-state index is 12.1. The van der Waals surface area contributed by atoms with E-state index in [9.17, 15) is 4.79 Å². The number of nitrogens with one attached hydrogen (secondary N) is 1. The average molecular weight is 294 g/mol. The molecule has 108 valence electrons. The highest BCUT2D eigenvalue weighted by molar-refractivity contribution is 6.30. The van der Waals surface area contributed by atoms with Crippen LogP contribution in [0.4, 0.5) is 0 Å². The van der Waals surface area contributed by atoms with E-state index in [2.05, 4.69) is 24.0 Å². The molecule has 2 rings (SSSR count). The highest BCUT2D eigenvalue weighted by Gasteiger charge is 2.19. The Labute approximate surface area is 123 Å². The first kappa shape index (κ1) is 14.9. The molecular formula is C15H20ClN3O. The Kier molecular flexibility index (Phi) is 5.01.